The van der Waals surface area contributed by atoms with Crippen molar-refractivity contribution in [1.29, 1.82) is 0 Å². The number of urea groups is 1. The van der Waals surface area contributed by atoms with Crippen molar-refractivity contribution < 1.29 is 31.9 Å². The lowest BCUT2D eigenvalue weighted by atomic mass is 9.99. The highest BCUT2D eigenvalue weighted by atomic mass is 32.2. The number of alkyl halides is 3. The normalized spacial score (nSPS) is 14.3. The highest BCUT2D eigenvalue weighted by molar-refractivity contribution is 8.15. The number of thioether (sulfide) groups is 1. The lowest BCUT2D eigenvalue weighted by Crippen LogP contribution is -2.31. The molecule has 1 aliphatic rings. The number of hydrogen-bond donors (Lipinski definition) is 1. The summed E-state index contributed by atoms with van der Waals surface area (Å²) in [5.41, 5.74) is 3.50. The topological polar surface area (TPSA) is 105 Å². The molecule has 10 nitrogen and oxygen atoms in total. The number of amides is 3. The van der Waals surface area contributed by atoms with E-state index in [2.05, 4.69) is 25.1 Å². The lowest BCUT2D eigenvalue weighted by molar-refractivity contribution is -0.274. The van der Waals surface area contributed by atoms with Crippen LogP contribution in [-0.2, 0) is 11.3 Å². The summed E-state index contributed by atoms with van der Waals surface area (Å²) in [7, 11) is 1.69. The second kappa shape index (κ2) is 13.2. The van der Waals surface area contributed by atoms with E-state index in [1.54, 1.807) is 18.0 Å². The number of amidine groups is 1. The van der Waals surface area contributed by atoms with Gasteiger partial charge in [0.1, 0.15) is 17.9 Å². The molecule has 4 aromatic rings. The van der Waals surface area contributed by atoms with E-state index in [9.17, 15) is 22.8 Å². The minimum absolute atomic E-state index is 0.0830. The number of carbonyl (C=O) groups excluding carboxylic acids is 2. The fourth-order valence-corrected chi connectivity index (χ4v) is 5.56. The molecule has 0 radical (unpaired) electrons. The van der Waals surface area contributed by atoms with Gasteiger partial charge in [-0.2, -0.15) is 9.98 Å². The summed E-state index contributed by atoms with van der Waals surface area (Å²) < 4.78 is 57.6. The van der Waals surface area contributed by atoms with Gasteiger partial charge in [-0.05, 0) is 72.0 Å². The van der Waals surface area contributed by atoms with Crippen LogP contribution in [0.3, 0.4) is 0 Å². The zero-order valence-electron chi connectivity index (χ0n) is 25.2. The van der Waals surface area contributed by atoms with Gasteiger partial charge in [0.15, 0.2) is 5.17 Å². The van der Waals surface area contributed by atoms with Gasteiger partial charge in [-0.15, -0.1) is 18.3 Å². The van der Waals surface area contributed by atoms with Gasteiger partial charge in [0.05, 0.1) is 22.8 Å². The minimum Gasteiger partial charge on any atom is -0.406 e. The van der Waals surface area contributed by atoms with E-state index in [1.165, 1.54) is 40.2 Å². The molecule has 0 atom stereocenters. The number of aliphatic imine (C=N–C) groups is 1. The van der Waals surface area contributed by atoms with Crippen molar-refractivity contribution in [3.63, 3.8) is 0 Å². The van der Waals surface area contributed by atoms with Crippen LogP contribution in [0.15, 0.2) is 72.0 Å². The van der Waals surface area contributed by atoms with Gasteiger partial charge in [-0.3, -0.25) is 9.69 Å². The van der Waals surface area contributed by atoms with Crippen LogP contribution in [0.5, 0.6) is 5.75 Å². The third kappa shape index (κ3) is 7.65. The summed E-state index contributed by atoms with van der Waals surface area (Å²) in [5.74, 6) is -0.704. The number of ether oxygens (including phenoxy) is 1. The average molecular weight is 656 g/mol. The Kier molecular flexibility index (Phi) is 9.32. The standard InChI is InChI=1S/C31H29F4N7O3S/c1-18(2)23-11-5-19(3)13-26(23)42-27(43)16-46-30(42)38-29(44)37-25-12-6-20(14-24(25)32)15-40(4)28-36-17-41(39-28)21-7-9-22(10-8-21)45-31(33,34)35/h5-14,17-18H,15-16H2,1-4H3,(H,37,44). The summed E-state index contributed by atoms with van der Waals surface area (Å²) in [4.78, 5) is 37.0. The molecular weight excluding hydrogens is 626 g/mol. The monoisotopic (exact) mass is 655 g/mol. The van der Waals surface area contributed by atoms with Crippen LogP contribution >= 0.6 is 11.8 Å². The Morgan fingerprint density at radius 2 is 1.87 bits per heavy atom. The van der Waals surface area contributed by atoms with Gasteiger partial charge in [0, 0.05) is 13.6 Å². The van der Waals surface area contributed by atoms with Crippen LogP contribution in [0.2, 0.25) is 0 Å². The highest BCUT2D eigenvalue weighted by Crippen LogP contribution is 2.34. The Bertz CT molecular complexity index is 1790. The van der Waals surface area contributed by atoms with E-state index in [1.807, 2.05) is 39.0 Å². The molecule has 0 aliphatic carbocycles. The second-order valence-corrected chi connectivity index (χ2v) is 11.7. The maximum atomic E-state index is 15.1. The number of carbonyl (C=O) groups is 2. The SMILES string of the molecule is Cc1ccc(C(C)C)c(N2C(=O)CSC2=NC(=O)Nc2ccc(CN(C)c3ncn(-c4ccc(OC(F)(F)F)cc4)n3)cc2F)c1. The van der Waals surface area contributed by atoms with Crippen molar-refractivity contribution >= 4 is 46.2 Å². The molecule has 1 fully saturated rings. The molecule has 3 amide bonds. The molecule has 1 N–H and O–H groups in total. The minimum atomic E-state index is -4.79. The molecule has 5 rings (SSSR count). The van der Waals surface area contributed by atoms with Crippen molar-refractivity contribution in [1.82, 2.24) is 14.8 Å². The first-order chi connectivity index (χ1) is 21.8. The van der Waals surface area contributed by atoms with E-state index in [0.717, 1.165) is 35.0 Å². The Labute approximate surface area is 266 Å². The highest BCUT2D eigenvalue weighted by Gasteiger charge is 2.33. The Balaban J connectivity index is 1.24. The number of anilines is 3. The summed E-state index contributed by atoms with van der Waals surface area (Å²) in [6.45, 7) is 6.15. The van der Waals surface area contributed by atoms with E-state index in [4.69, 9.17) is 0 Å². The molecule has 0 saturated carbocycles. The van der Waals surface area contributed by atoms with Crippen LogP contribution < -0.4 is 19.9 Å². The Hall–Kier alpha value is -4.92. The molecule has 1 aromatic heterocycles. The van der Waals surface area contributed by atoms with E-state index in [-0.39, 0.29) is 46.7 Å². The number of nitrogens with one attached hydrogen (secondary N) is 1. The molecule has 1 saturated heterocycles. The number of nitrogens with zero attached hydrogens (tertiary/aromatic N) is 6. The Morgan fingerprint density at radius 1 is 1.13 bits per heavy atom. The third-order valence-electron chi connectivity index (χ3n) is 6.86. The molecular formula is C31H29F4N7O3S. The summed E-state index contributed by atoms with van der Waals surface area (Å²) >= 11 is 1.14. The van der Waals surface area contributed by atoms with Crippen molar-refractivity contribution in [2.45, 2.75) is 39.6 Å². The van der Waals surface area contributed by atoms with Gasteiger partial charge >= 0.3 is 12.4 Å². The van der Waals surface area contributed by atoms with Crippen LogP contribution in [-0.4, -0.2) is 51.0 Å². The molecule has 15 heteroatoms. The zero-order chi connectivity index (χ0) is 33.2. The van der Waals surface area contributed by atoms with E-state index in [0.29, 0.717) is 16.9 Å². The predicted molar refractivity (Wildman–Crippen MR) is 168 cm³/mol. The number of rotatable bonds is 8. The number of aromatic nitrogens is 3. The Morgan fingerprint density at radius 3 is 2.54 bits per heavy atom. The average Bonchev–Trinajstić information content (AvgIpc) is 3.61. The van der Waals surface area contributed by atoms with Gasteiger partial charge < -0.3 is 15.0 Å². The van der Waals surface area contributed by atoms with Gasteiger partial charge in [-0.1, -0.05) is 43.8 Å². The van der Waals surface area contributed by atoms with Crippen molar-refractivity contribution in [2.75, 3.05) is 27.9 Å². The van der Waals surface area contributed by atoms with Crippen LogP contribution in [0.4, 0.5) is 39.7 Å². The van der Waals surface area contributed by atoms with Crippen molar-refractivity contribution in [2.24, 2.45) is 4.99 Å². The molecule has 1 aliphatic heterocycles. The van der Waals surface area contributed by atoms with Crippen LogP contribution in [0.25, 0.3) is 5.69 Å². The molecule has 46 heavy (non-hydrogen) atoms. The van der Waals surface area contributed by atoms with Gasteiger partial charge in [0.25, 0.3) is 0 Å². The quantitative estimate of drug-likeness (QED) is 0.203. The molecule has 0 unspecified atom stereocenters. The molecule has 3 aromatic carbocycles. The first-order valence-corrected chi connectivity index (χ1v) is 15.0. The first-order valence-electron chi connectivity index (χ1n) is 14.0. The van der Waals surface area contributed by atoms with E-state index < -0.39 is 18.2 Å². The van der Waals surface area contributed by atoms with Gasteiger partial charge in [-0.25, -0.2) is 13.9 Å². The number of aryl methyl sites for hydroxylation is 1. The van der Waals surface area contributed by atoms with Crippen molar-refractivity contribution in [3.05, 3.63) is 89.5 Å². The summed E-state index contributed by atoms with van der Waals surface area (Å²) in [6, 6.07) is 14.4. The fourth-order valence-electron chi connectivity index (χ4n) is 4.70. The largest absolute Gasteiger partial charge is 0.573 e. The predicted octanol–water partition coefficient (Wildman–Crippen LogP) is 7.04. The molecule has 0 bridgehead atoms. The maximum absolute atomic E-state index is 15.1. The van der Waals surface area contributed by atoms with Crippen LogP contribution in [0, 0.1) is 12.7 Å². The summed E-state index contributed by atoms with van der Waals surface area (Å²) in [6.07, 6.45) is -3.40. The van der Waals surface area contributed by atoms with Gasteiger partial charge in [0.2, 0.25) is 11.9 Å². The lowest BCUT2D eigenvalue weighted by Gasteiger charge is -2.22. The maximum Gasteiger partial charge on any atom is 0.573 e. The fraction of sp³-hybridized carbons (Fsp3) is 0.258. The molecule has 0 spiro atoms. The summed E-state index contributed by atoms with van der Waals surface area (Å²) in [5, 5.41) is 7.01. The second-order valence-electron chi connectivity index (χ2n) is 10.8. The zero-order valence-corrected chi connectivity index (χ0v) is 26.0. The first kappa shape index (κ1) is 32.5. The van der Waals surface area contributed by atoms with E-state index >= 15 is 4.39 Å². The number of halogens is 4. The smallest absolute Gasteiger partial charge is 0.406 e. The molecule has 2 heterocycles. The molecule has 240 valence electrons. The number of benzene rings is 3. The van der Waals surface area contributed by atoms with Crippen LogP contribution in [0.1, 0.15) is 36.5 Å². The third-order valence-corrected chi connectivity index (χ3v) is 7.79. The van der Waals surface area contributed by atoms with Crippen molar-refractivity contribution in [3.8, 4) is 11.4 Å². The number of hydrogen-bond acceptors (Lipinski definition) is 7.